The Labute approximate surface area is 120 Å². The second kappa shape index (κ2) is 9.47. The van der Waals surface area contributed by atoms with Crippen molar-refractivity contribution in [1.29, 1.82) is 0 Å². The molecule has 1 aromatic rings. The van der Waals surface area contributed by atoms with E-state index in [1.54, 1.807) is 6.21 Å². The van der Waals surface area contributed by atoms with Gasteiger partial charge in [0.2, 0.25) is 0 Å². The van der Waals surface area contributed by atoms with Crippen LogP contribution in [-0.4, -0.2) is 31.1 Å². The summed E-state index contributed by atoms with van der Waals surface area (Å²) in [6.07, 6.45) is 2.67. The maximum Gasteiger partial charge on any atom is 0.186 e. The number of hydrogen-bond donors (Lipinski definition) is 2. The average Bonchev–Trinajstić information content (AvgIpc) is 2.41. The molecule has 0 unspecified atom stereocenters. The molecule has 0 radical (unpaired) electrons. The van der Waals surface area contributed by atoms with Crippen LogP contribution in [0.5, 0.6) is 0 Å². The van der Waals surface area contributed by atoms with Crippen molar-refractivity contribution in [1.82, 2.24) is 10.7 Å². The lowest BCUT2D eigenvalue weighted by Gasteiger charge is -2.06. The van der Waals surface area contributed by atoms with E-state index < -0.39 is 0 Å². The van der Waals surface area contributed by atoms with Crippen molar-refractivity contribution in [3.63, 3.8) is 0 Å². The fourth-order valence-electron chi connectivity index (χ4n) is 1.38. The van der Waals surface area contributed by atoms with E-state index in [1.807, 2.05) is 31.2 Å². The Balaban J connectivity index is 2.17. The van der Waals surface area contributed by atoms with Gasteiger partial charge in [0, 0.05) is 19.8 Å². The molecule has 1 rings (SSSR count). The highest BCUT2D eigenvalue weighted by atomic mass is 32.1. The number of hydrogen-bond acceptors (Lipinski definition) is 3. The maximum absolute atomic E-state index is 5.23. The molecular weight excluding hydrogens is 258 g/mol. The van der Waals surface area contributed by atoms with Crippen LogP contribution in [0.3, 0.4) is 0 Å². The fraction of sp³-hybridized carbons (Fsp3) is 0.429. The van der Waals surface area contributed by atoms with Gasteiger partial charge in [0.25, 0.3) is 0 Å². The molecule has 2 N–H and O–H groups in total. The van der Waals surface area contributed by atoms with Crippen molar-refractivity contribution in [3.8, 4) is 0 Å². The van der Waals surface area contributed by atoms with Gasteiger partial charge in [0.15, 0.2) is 5.11 Å². The van der Waals surface area contributed by atoms with Crippen LogP contribution in [-0.2, 0) is 4.74 Å². The summed E-state index contributed by atoms with van der Waals surface area (Å²) in [5, 5.41) is 7.67. The average molecular weight is 279 g/mol. The molecule has 0 aliphatic carbocycles. The summed E-state index contributed by atoms with van der Waals surface area (Å²) in [4.78, 5) is 0. The Kier molecular flexibility index (Phi) is 7.77. The third-order valence-electron chi connectivity index (χ3n) is 2.41. The highest BCUT2D eigenvalue weighted by molar-refractivity contribution is 7.80. The topological polar surface area (TPSA) is 45.6 Å². The van der Waals surface area contributed by atoms with Crippen molar-refractivity contribution in [2.75, 3.05) is 19.8 Å². The first-order valence-electron chi connectivity index (χ1n) is 6.43. The zero-order chi connectivity index (χ0) is 13.9. The molecule has 19 heavy (non-hydrogen) atoms. The van der Waals surface area contributed by atoms with Gasteiger partial charge in [-0.25, -0.2) is 0 Å². The number of benzene rings is 1. The van der Waals surface area contributed by atoms with Crippen LogP contribution in [0.1, 0.15) is 24.5 Å². The van der Waals surface area contributed by atoms with Crippen molar-refractivity contribution in [2.45, 2.75) is 20.3 Å². The number of thiocarbonyl (C=S) groups is 1. The maximum atomic E-state index is 5.23. The molecule has 0 aliphatic rings. The number of ether oxygens (including phenoxy) is 1. The molecular formula is C14H21N3OS. The number of nitrogens with zero attached hydrogens (tertiary/aromatic N) is 1. The lowest BCUT2D eigenvalue weighted by Crippen LogP contribution is -2.33. The number of nitrogens with one attached hydrogen (secondary N) is 2. The summed E-state index contributed by atoms with van der Waals surface area (Å²) < 4.78 is 5.23. The SMILES string of the molecule is CCOCCCNC(=S)N/N=C\c1ccc(C)cc1. The smallest absolute Gasteiger partial charge is 0.186 e. The minimum Gasteiger partial charge on any atom is -0.382 e. The molecule has 4 nitrogen and oxygen atoms in total. The van der Waals surface area contributed by atoms with Crippen LogP contribution >= 0.6 is 12.2 Å². The largest absolute Gasteiger partial charge is 0.382 e. The molecule has 0 amide bonds. The molecule has 0 heterocycles. The first-order valence-corrected chi connectivity index (χ1v) is 6.84. The van der Waals surface area contributed by atoms with Crippen molar-refractivity contribution < 1.29 is 4.74 Å². The Morgan fingerprint density at radius 1 is 1.37 bits per heavy atom. The molecule has 0 aliphatic heterocycles. The van der Waals surface area contributed by atoms with Gasteiger partial charge >= 0.3 is 0 Å². The monoisotopic (exact) mass is 279 g/mol. The number of rotatable bonds is 7. The first kappa shape index (κ1) is 15.6. The lowest BCUT2D eigenvalue weighted by molar-refractivity contribution is 0.145. The summed E-state index contributed by atoms with van der Waals surface area (Å²) in [6.45, 7) is 6.33. The van der Waals surface area contributed by atoms with Gasteiger partial charge in [0.1, 0.15) is 0 Å². The standard InChI is InChI=1S/C14H21N3OS/c1-3-18-10-4-9-15-14(19)17-16-11-13-7-5-12(2)6-8-13/h5-8,11H,3-4,9-10H2,1-2H3,(H2,15,17,19)/b16-11-. The Bertz CT molecular complexity index is 404. The predicted molar refractivity (Wildman–Crippen MR) is 83.6 cm³/mol. The van der Waals surface area contributed by atoms with Crippen molar-refractivity contribution in [2.24, 2.45) is 5.10 Å². The van der Waals surface area contributed by atoms with Crippen LogP contribution in [0, 0.1) is 6.92 Å². The van der Waals surface area contributed by atoms with Gasteiger partial charge in [-0.05, 0) is 38.0 Å². The highest BCUT2D eigenvalue weighted by Crippen LogP contribution is 1.99. The predicted octanol–water partition coefficient (Wildman–Crippen LogP) is 2.22. The Morgan fingerprint density at radius 2 is 2.11 bits per heavy atom. The van der Waals surface area contributed by atoms with E-state index in [1.165, 1.54) is 5.56 Å². The van der Waals surface area contributed by atoms with E-state index in [0.717, 1.165) is 31.7 Å². The quantitative estimate of drug-likeness (QED) is 0.348. The minimum atomic E-state index is 0.528. The van der Waals surface area contributed by atoms with Crippen LogP contribution < -0.4 is 10.7 Å². The van der Waals surface area contributed by atoms with Crippen molar-refractivity contribution >= 4 is 23.5 Å². The molecule has 0 aromatic heterocycles. The Morgan fingerprint density at radius 3 is 2.79 bits per heavy atom. The third kappa shape index (κ3) is 7.54. The van der Waals surface area contributed by atoms with Gasteiger partial charge < -0.3 is 10.1 Å². The number of hydrazone groups is 1. The van der Waals surface area contributed by atoms with Gasteiger partial charge in [-0.2, -0.15) is 5.10 Å². The zero-order valence-electron chi connectivity index (χ0n) is 11.5. The second-order valence-electron chi connectivity index (χ2n) is 4.09. The molecule has 5 heteroatoms. The second-order valence-corrected chi connectivity index (χ2v) is 4.50. The molecule has 1 aromatic carbocycles. The van der Waals surface area contributed by atoms with E-state index in [2.05, 4.69) is 22.8 Å². The van der Waals surface area contributed by atoms with E-state index in [4.69, 9.17) is 17.0 Å². The first-order chi connectivity index (χ1) is 9.22. The normalized spacial score (nSPS) is 10.6. The summed E-state index contributed by atoms with van der Waals surface area (Å²) in [5.74, 6) is 0. The summed E-state index contributed by atoms with van der Waals surface area (Å²) in [7, 11) is 0. The van der Waals surface area contributed by atoms with E-state index in [-0.39, 0.29) is 0 Å². The number of aryl methyl sites for hydroxylation is 1. The molecule has 0 fully saturated rings. The molecule has 0 spiro atoms. The Hall–Kier alpha value is -1.46. The third-order valence-corrected chi connectivity index (χ3v) is 2.65. The minimum absolute atomic E-state index is 0.528. The molecule has 104 valence electrons. The van der Waals surface area contributed by atoms with E-state index >= 15 is 0 Å². The van der Waals surface area contributed by atoms with Crippen LogP contribution in [0.2, 0.25) is 0 Å². The molecule has 0 saturated carbocycles. The van der Waals surface area contributed by atoms with Gasteiger partial charge in [-0.15, -0.1) is 0 Å². The summed E-state index contributed by atoms with van der Waals surface area (Å²) in [6, 6.07) is 8.12. The lowest BCUT2D eigenvalue weighted by atomic mass is 10.2. The van der Waals surface area contributed by atoms with Crippen molar-refractivity contribution in [3.05, 3.63) is 35.4 Å². The molecule has 0 saturated heterocycles. The molecule has 0 atom stereocenters. The van der Waals surface area contributed by atoms with Gasteiger partial charge in [-0.1, -0.05) is 29.8 Å². The molecule has 0 bridgehead atoms. The van der Waals surface area contributed by atoms with Crippen LogP contribution in [0.15, 0.2) is 29.4 Å². The van der Waals surface area contributed by atoms with E-state index in [0.29, 0.717) is 5.11 Å². The van der Waals surface area contributed by atoms with Crippen LogP contribution in [0.25, 0.3) is 0 Å². The highest BCUT2D eigenvalue weighted by Gasteiger charge is 1.92. The zero-order valence-corrected chi connectivity index (χ0v) is 12.3. The van der Waals surface area contributed by atoms with Gasteiger partial charge in [-0.3, -0.25) is 5.43 Å². The summed E-state index contributed by atoms with van der Waals surface area (Å²) >= 11 is 5.09. The summed E-state index contributed by atoms with van der Waals surface area (Å²) in [5.41, 5.74) is 5.06. The van der Waals surface area contributed by atoms with Crippen LogP contribution in [0.4, 0.5) is 0 Å². The van der Waals surface area contributed by atoms with E-state index in [9.17, 15) is 0 Å². The fourth-order valence-corrected chi connectivity index (χ4v) is 1.53. The van der Waals surface area contributed by atoms with Gasteiger partial charge in [0.05, 0.1) is 6.21 Å².